The van der Waals surface area contributed by atoms with E-state index >= 15 is 0 Å². The minimum Gasteiger partial charge on any atom is -0.324 e. The Morgan fingerprint density at radius 2 is 2.00 bits per heavy atom. The van der Waals surface area contributed by atoms with Crippen LogP contribution in [0.4, 0.5) is 0 Å². The predicted molar refractivity (Wildman–Crippen MR) is 43.9 cm³/mol. The van der Waals surface area contributed by atoms with Crippen LogP contribution in [0.1, 0.15) is 20.8 Å². The molecule has 60 valence electrons. The van der Waals surface area contributed by atoms with E-state index in [9.17, 15) is 0 Å². The van der Waals surface area contributed by atoms with Gasteiger partial charge in [0.1, 0.15) is 0 Å². The lowest BCUT2D eigenvalue weighted by atomic mass is 9.98. The van der Waals surface area contributed by atoms with E-state index < -0.39 is 0 Å². The standard InChI is InChI=1S/C8H18N2/c1-7-4-10(5-7)6-8(2,3)9/h7H,4-6,9H2,1-3H3. The molecule has 1 aliphatic rings. The largest absolute Gasteiger partial charge is 0.324 e. The first kappa shape index (κ1) is 8.02. The molecule has 0 amide bonds. The topological polar surface area (TPSA) is 29.3 Å². The minimum absolute atomic E-state index is 0.0137. The summed E-state index contributed by atoms with van der Waals surface area (Å²) in [6.45, 7) is 9.95. The van der Waals surface area contributed by atoms with Gasteiger partial charge in [0.15, 0.2) is 0 Å². The summed E-state index contributed by atoms with van der Waals surface area (Å²) < 4.78 is 0. The number of likely N-dealkylation sites (tertiary alicyclic amines) is 1. The van der Waals surface area contributed by atoms with Gasteiger partial charge in [0.2, 0.25) is 0 Å². The van der Waals surface area contributed by atoms with Gasteiger partial charge in [-0.2, -0.15) is 0 Å². The van der Waals surface area contributed by atoms with Crippen molar-refractivity contribution in [3.05, 3.63) is 0 Å². The van der Waals surface area contributed by atoms with Gasteiger partial charge < -0.3 is 10.6 Å². The third-order valence-electron chi connectivity index (χ3n) is 1.77. The lowest BCUT2D eigenvalue weighted by Crippen LogP contribution is -2.53. The van der Waals surface area contributed by atoms with E-state index in [-0.39, 0.29) is 5.54 Å². The lowest BCUT2D eigenvalue weighted by molar-refractivity contribution is 0.0910. The first-order valence-corrected chi connectivity index (χ1v) is 3.98. The fourth-order valence-corrected chi connectivity index (χ4v) is 1.53. The van der Waals surface area contributed by atoms with Gasteiger partial charge in [0, 0.05) is 25.2 Å². The summed E-state index contributed by atoms with van der Waals surface area (Å²) in [6.07, 6.45) is 0. The van der Waals surface area contributed by atoms with Gasteiger partial charge in [-0.05, 0) is 19.8 Å². The van der Waals surface area contributed by atoms with Crippen molar-refractivity contribution < 1.29 is 0 Å². The average molecular weight is 142 g/mol. The number of nitrogens with zero attached hydrogens (tertiary/aromatic N) is 1. The van der Waals surface area contributed by atoms with E-state index in [4.69, 9.17) is 5.73 Å². The first-order valence-electron chi connectivity index (χ1n) is 3.98. The summed E-state index contributed by atoms with van der Waals surface area (Å²) >= 11 is 0. The second-order valence-corrected chi connectivity index (χ2v) is 4.29. The maximum Gasteiger partial charge on any atom is 0.0226 e. The Kier molecular flexibility index (Phi) is 2.02. The summed E-state index contributed by atoms with van der Waals surface area (Å²) in [5.41, 5.74) is 5.84. The zero-order valence-corrected chi connectivity index (χ0v) is 7.22. The van der Waals surface area contributed by atoms with Crippen LogP contribution in [0.15, 0.2) is 0 Å². The molecule has 10 heavy (non-hydrogen) atoms. The highest BCUT2D eigenvalue weighted by Gasteiger charge is 2.26. The van der Waals surface area contributed by atoms with E-state index in [1.54, 1.807) is 0 Å². The summed E-state index contributed by atoms with van der Waals surface area (Å²) in [5.74, 6) is 0.891. The molecule has 2 heteroatoms. The quantitative estimate of drug-likeness (QED) is 0.614. The molecule has 0 unspecified atom stereocenters. The van der Waals surface area contributed by atoms with Crippen molar-refractivity contribution in [1.82, 2.24) is 4.90 Å². The number of hydrogen-bond acceptors (Lipinski definition) is 2. The second-order valence-electron chi connectivity index (χ2n) is 4.29. The number of rotatable bonds is 2. The van der Waals surface area contributed by atoms with Crippen LogP contribution in [-0.4, -0.2) is 30.1 Å². The van der Waals surface area contributed by atoms with Crippen molar-refractivity contribution in [2.45, 2.75) is 26.3 Å². The smallest absolute Gasteiger partial charge is 0.0226 e. The molecule has 0 atom stereocenters. The lowest BCUT2D eigenvalue weighted by Gasteiger charge is -2.40. The molecular weight excluding hydrogens is 124 g/mol. The summed E-state index contributed by atoms with van der Waals surface area (Å²) in [7, 11) is 0. The van der Waals surface area contributed by atoms with Crippen LogP contribution in [-0.2, 0) is 0 Å². The Morgan fingerprint density at radius 1 is 1.50 bits per heavy atom. The van der Waals surface area contributed by atoms with E-state index in [1.807, 2.05) is 0 Å². The molecule has 0 aromatic carbocycles. The molecule has 2 nitrogen and oxygen atoms in total. The van der Waals surface area contributed by atoms with Crippen LogP contribution in [0.5, 0.6) is 0 Å². The normalized spacial score (nSPS) is 22.8. The Balaban J connectivity index is 2.16. The van der Waals surface area contributed by atoms with E-state index in [2.05, 4.69) is 25.7 Å². The first-order chi connectivity index (χ1) is 4.47. The van der Waals surface area contributed by atoms with Crippen molar-refractivity contribution in [2.24, 2.45) is 11.7 Å². The van der Waals surface area contributed by atoms with Crippen LogP contribution in [0.3, 0.4) is 0 Å². The highest BCUT2D eigenvalue weighted by atomic mass is 15.2. The van der Waals surface area contributed by atoms with Gasteiger partial charge in [-0.3, -0.25) is 0 Å². The third kappa shape index (κ3) is 2.27. The molecule has 0 aromatic heterocycles. The van der Waals surface area contributed by atoms with Crippen molar-refractivity contribution in [1.29, 1.82) is 0 Å². The average Bonchev–Trinajstić information content (AvgIpc) is 1.57. The Morgan fingerprint density at radius 3 is 2.30 bits per heavy atom. The van der Waals surface area contributed by atoms with Crippen molar-refractivity contribution >= 4 is 0 Å². The van der Waals surface area contributed by atoms with E-state index in [1.165, 1.54) is 13.1 Å². The molecule has 0 radical (unpaired) electrons. The van der Waals surface area contributed by atoms with Crippen LogP contribution in [0.25, 0.3) is 0 Å². The second kappa shape index (κ2) is 2.51. The monoisotopic (exact) mass is 142 g/mol. The van der Waals surface area contributed by atoms with Gasteiger partial charge in [0.05, 0.1) is 0 Å². The Bertz CT molecular complexity index is 109. The SMILES string of the molecule is CC1CN(CC(C)(C)N)C1. The molecule has 0 aromatic rings. The predicted octanol–water partition coefficient (Wildman–Crippen LogP) is 0.675. The molecule has 1 saturated heterocycles. The zero-order valence-electron chi connectivity index (χ0n) is 7.22. The van der Waals surface area contributed by atoms with Crippen LogP contribution < -0.4 is 5.73 Å². The van der Waals surface area contributed by atoms with Crippen molar-refractivity contribution in [3.63, 3.8) is 0 Å². The van der Waals surface area contributed by atoms with E-state index in [0.717, 1.165) is 12.5 Å². The molecule has 0 spiro atoms. The molecule has 0 aliphatic carbocycles. The summed E-state index contributed by atoms with van der Waals surface area (Å²) in [4.78, 5) is 2.41. The number of nitrogens with two attached hydrogens (primary N) is 1. The molecule has 1 aliphatic heterocycles. The Hall–Kier alpha value is -0.0800. The maximum atomic E-state index is 5.85. The maximum absolute atomic E-state index is 5.85. The zero-order chi connectivity index (χ0) is 7.78. The molecule has 1 rings (SSSR count). The van der Waals surface area contributed by atoms with Crippen LogP contribution in [0, 0.1) is 5.92 Å². The summed E-state index contributed by atoms with van der Waals surface area (Å²) in [5, 5.41) is 0. The van der Waals surface area contributed by atoms with Gasteiger partial charge in [-0.1, -0.05) is 6.92 Å². The molecule has 2 N–H and O–H groups in total. The van der Waals surface area contributed by atoms with Gasteiger partial charge >= 0.3 is 0 Å². The number of hydrogen-bond donors (Lipinski definition) is 1. The Labute approximate surface area is 63.4 Å². The molecule has 0 bridgehead atoms. The van der Waals surface area contributed by atoms with Crippen LogP contribution >= 0.6 is 0 Å². The van der Waals surface area contributed by atoms with Gasteiger partial charge in [0.25, 0.3) is 0 Å². The van der Waals surface area contributed by atoms with Crippen molar-refractivity contribution in [3.8, 4) is 0 Å². The fraction of sp³-hybridized carbons (Fsp3) is 1.00. The molecule has 0 saturated carbocycles. The summed E-state index contributed by atoms with van der Waals surface area (Å²) in [6, 6.07) is 0. The molecule has 1 fully saturated rings. The van der Waals surface area contributed by atoms with E-state index in [0.29, 0.717) is 0 Å². The third-order valence-corrected chi connectivity index (χ3v) is 1.77. The van der Waals surface area contributed by atoms with Crippen molar-refractivity contribution in [2.75, 3.05) is 19.6 Å². The highest BCUT2D eigenvalue weighted by molar-refractivity contribution is 4.84. The van der Waals surface area contributed by atoms with Crippen LogP contribution in [0.2, 0.25) is 0 Å². The fourth-order valence-electron chi connectivity index (χ4n) is 1.53. The molecular formula is C8H18N2. The minimum atomic E-state index is -0.0137. The highest BCUT2D eigenvalue weighted by Crippen LogP contribution is 2.16. The van der Waals surface area contributed by atoms with Gasteiger partial charge in [-0.25, -0.2) is 0 Å². The molecule has 1 heterocycles. The van der Waals surface area contributed by atoms with Gasteiger partial charge in [-0.15, -0.1) is 0 Å².